The number of amides is 2. The van der Waals surface area contributed by atoms with Gasteiger partial charge in [-0.2, -0.15) is 0 Å². The molecule has 0 bridgehead atoms. The van der Waals surface area contributed by atoms with Crippen molar-refractivity contribution in [2.45, 2.75) is 102 Å². The van der Waals surface area contributed by atoms with Crippen LogP contribution in [0.4, 0.5) is 5.69 Å². The van der Waals surface area contributed by atoms with Gasteiger partial charge in [0.2, 0.25) is 11.8 Å². The number of nitrogens with one attached hydrogen (secondary N) is 2. The summed E-state index contributed by atoms with van der Waals surface area (Å²) in [5, 5.41) is 21.0. The zero-order chi connectivity index (χ0) is 31.7. The molecule has 2 aromatic carbocycles. The largest absolute Gasteiger partial charge is 0.459 e. The molecule has 2 amide bonds. The lowest BCUT2D eigenvalue weighted by Crippen LogP contribution is -2.45. The molecule has 2 aromatic rings. The van der Waals surface area contributed by atoms with Crippen LogP contribution in [0, 0.1) is 0 Å². The lowest BCUT2D eigenvalue weighted by molar-refractivity contribution is -0.253. The van der Waals surface area contributed by atoms with Gasteiger partial charge < -0.3 is 24.6 Å². The van der Waals surface area contributed by atoms with E-state index >= 15 is 0 Å². The summed E-state index contributed by atoms with van der Waals surface area (Å²) in [7, 11) is 0. The molecule has 44 heavy (non-hydrogen) atoms. The van der Waals surface area contributed by atoms with Gasteiger partial charge in [0.25, 0.3) is 0 Å². The Morgan fingerprint density at radius 3 is 2.41 bits per heavy atom. The van der Waals surface area contributed by atoms with E-state index in [1.165, 1.54) is 0 Å². The van der Waals surface area contributed by atoms with E-state index in [0.29, 0.717) is 31.5 Å². The van der Waals surface area contributed by atoms with Crippen LogP contribution in [0.15, 0.2) is 48.5 Å². The Balaban J connectivity index is 1.47. The molecule has 0 aliphatic carbocycles. The number of hydroxylamine groups is 1. The maximum absolute atomic E-state index is 13.0. The van der Waals surface area contributed by atoms with Crippen LogP contribution in [-0.2, 0) is 35.2 Å². The number of hydrogen-bond donors (Lipinski definition) is 4. The van der Waals surface area contributed by atoms with Gasteiger partial charge in [0.1, 0.15) is 11.6 Å². The third-order valence-corrected chi connectivity index (χ3v) is 7.72. The van der Waals surface area contributed by atoms with Crippen molar-refractivity contribution in [1.29, 1.82) is 0 Å². The van der Waals surface area contributed by atoms with Crippen molar-refractivity contribution in [1.82, 2.24) is 10.4 Å². The fourth-order valence-electron chi connectivity index (χ4n) is 5.59. The normalized spacial score (nSPS) is 22.4. The average molecular weight is 612 g/mol. The number of aliphatic hydroxyl groups is 1. The number of benzene rings is 2. The molecule has 0 saturated carbocycles. The monoisotopic (exact) mass is 611 g/mol. The first-order valence-corrected chi connectivity index (χ1v) is 15.3. The van der Waals surface area contributed by atoms with Crippen LogP contribution in [0.2, 0.25) is 0 Å². The van der Waals surface area contributed by atoms with Crippen molar-refractivity contribution < 1.29 is 38.9 Å². The molecule has 4 N–H and O–H groups in total. The number of rotatable bonds is 12. The highest BCUT2D eigenvalue weighted by Gasteiger charge is 2.39. The van der Waals surface area contributed by atoms with Crippen molar-refractivity contribution in [2.24, 2.45) is 0 Å². The van der Waals surface area contributed by atoms with Crippen LogP contribution in [-0.4, -0.2) is 63.8 Å². The predicted octanol–water partition coefficient (Wildman–Crippen LogP) is 4.53. The molecule has 11 heteroatoms. The van der Waals surface area contributed by atoms with Crippen LogP contribution in [0.25, 0.3) is 0 Å². The molecule has 0 radical (unpaired) electrons. The molecule has 11 nitrogen and oxygen atoms in total. The fourth-order valence-corrected chi connectivity index (χ4v) is 5.59. The summed E-state index contributed by atoms with van der Waals surface area (Å²) >= 11 is 0. The van der Waals surface area contributed by atoms with E-state index in [0.717, 1.165) is 36.1 Å². The molecule has 4 rings (SSSR count). The van der Waals surface area contributed by atoms with Gasteiger partial charge in [-0.25, -0.2) is 5.48 Å². The standard InChI is InChI=1S/C33H45N3O8/c1-33(2,3)44-31(40)27-10-7-17-36(27)20-26-19-28(23-15-13-22(21-37)14-16-23)43-32(42-26)24-8-6-9-25(18-24)34-29(38)11-4-5-12-30(39)35-41/h6,8-9,13-16,18,26-28,32,37,41H,4-5,7,10-12,17,19-21H2,1-3H3,(H,34,38)(H,35,39). The first kappa shape index (κ1) is 33.5. The van der Waals surface area contributed by atoms with Crippen molar-refractivity contribution >= 4 is 23.5 Å². The molecule has 4 unspecified atom stereocenters. The van der Waals surface area contributed by atoms with Crippen molar-refractivity contribution in [3.63, 3.8) is 0 Å². The van der Waals surface area contributed by atoms with E-state index in [4.69, 9.17) is 19.4 Å². The van der Waals surface area contributed by atoms with Crippen molar-refractivity contribution in [3.8, 4) is 0 Å². The number of hydrogen-bond acceptors (Lipinski definition) is 9. The minimum absolute atomic E-state index is 0.0440. The molecule has 2 heterocycles. The van der Waals surface area contributed by atoms with E-state index in [-0.39, 0.29) is 49.6 Å². The molecule has 2 saturated heterocycles. The van der Waals surface area contributed by atoms with Crippen LogP contribution in [0.3, 0.4) is 0 Å². The summed E-state index contributed by atoms with van der Waals surface area (Å²) in [5.74, 6) is -0.870. The SMILES string of the molecule is CC(C)(C)OC(=O)C1CCCN1CC1CC(c2ccc(CO)cc2)OC(c2cccc(NC(=O)CCCCC(=O)NO)c2)O1. The first-order valence-electron chi connectivity index (χ1n) is 15.3. The number of esters is 1. The van der Waals surface area contributed by atoms with Gasteiger partial charge in [0.15, 0.2) is 6.29 Å². The van der Waals surface area contributed by atoms with Crippen LogP contribution in [0.5, 0.6) is 0 Å². The van der Waals surface area contributed by atoms with Crippen LogP contribution in [0.1, 0.15) is 94.8 Å². The number of aliphatic hydroxyl groups excluding tert-OH is 1. The van der Waals surface area contributed by atoms with Crippen LogP contribution < -0.4 is 10.8 Å². The number of unbranched alkanes of at least 4 members (excludes halogenated alkanes) is 1. The molecular formula is C33H45N3O8. The molecule has 2 aliphatic rings. The predicted molar refractivity (Wildman–Crippen MR) is 162 cm³/mol. The minimum Gasteiger partial charge on any atom is -0.459 e. The summed E-state index contributed by atoms with van der Waals surface area (Å²) in [4.78, 5) is 38.8. The molecule has 4 atom stereocenters. The molecule has 0 aromatic heterocycles. The highest BCUT2D eigenvalue weighted by Crippen LogP contribution is 2.39. The van der Waals surface area contributed by atoms with E-state index in [2.05, 4.69) is 10.2 Å². The lowest BCUT2D eigenvalue weighted by Gasteiger charge is -2.38. The Morgan fingerprint density at radius 2 is 1.73 bits per heavy atom. The van der Waals surface area contributed by atoms with E-state index < -0.39 is 17.8 Å². The maximum atomic E-state index is 13.0. The molecule has 240 valence electrons. The van der Waals surface area contributed by atoms with Gasteiger partial charge in [0.05, 0.1) is 18.8 Å². The van der Waals surface area contributed by atoms with E-state index in [9.17, 15) is 19.5 Å². The quantitative estimate of drug-likeness (QED) is 0.118. The summed E-state index contributed by atoms with van der Waals surface area (Å²) in [6, 6.07) is 14.7. The van der Waals surface area contributed by atoms with Gasteiger partial charge in [-0.3, -0.25) is 24.5 Å². The second-order valence-corrected chi connectivity index (χ2v) is 12.5. The second-order valence-electron chi connectivity index (χ2n) is 12.5. The Hall–Kier alpha value is -3.35. The highest BCUT2D eigenvalue weighted by molar-refractivity contribution is 5.90. The van der Waals surface area contributed by atoms with E-state index in [1.807, 2.05) is 63.2 Å². The third kappa shape index (κ3) is 9.83. The van der Waals surface area contributed by atoms with Gasteiger partial charge >= 0.3 is 5.97 Å². The topological polar surface area (TPSA) is 147 Å². The summed E-state index contributed by atoms with van der Waals surface area (Å²) in [6.45, 7) is 6.89. The molecule has 2 fully saturated rings. The average Bonchev–Trinajstić information content (AvgIpc) is 3.46. The number of carbonyl (C=O) groups is 3. The summed E-state index contributed by atoms with van der Waals surface area (Å²) in [6.07, 6.45) is 2.35. The second kappa shape index (κ2) is 15.6. The fraction of sp³-hybridized carbons (Fsp3) is 0.545. The Labute approximate surface area is 258 Å². The van der Waals surface area contributed by atoms with Gasteiger partial charge in [0, 0.05) is 37.1 Å². The number of likely N-dealkylation sites (tertiary alicyclic amines) is 1. The van der Waals surface area contributed by atoms with Gasteiger partial charge in [-0.1, -0.05) is 36.4 Å². The minimum atomic E-state index is -0.715. The summed E-state index contributed by atoms with van der Waals surface area (Å²) in [5.41, 5.74) is 4.15. The smallest absolute Gasteiger partial charge is 0.323 e. The van der Waals surface area contributed by atoms with Gasteiger partial charge in [-0.05, 0) is 76.3 Å². The molecule has 0 spiro atoms. The van der Waals surface area contributed by atoms with Crippen molar-refractivity contribution in [2.75, 3.05) is 18.4 Å². The number of nitrogens with zero attached hydrogens (tertiary/aromatic N) is 1. The Bertz CT molecular complexity index is 1260. The number of ether oxygens (including phenoxy) is 3. The first-order chi connectivity index (χ1) is 21.0. The van der Waals surface area contributed by atoms with Crippen molar-refractivity contribution in [3.05, 3.63) is 65.2 Å². The zero-order valence-corrected chi connectivity index (χ0v) is 25.8. The zero-order valence-electron chi connectivity index (χ0n) is 25.8. The van der Waals surface area contributed by atoms with Gasteiger partial charge in [-0.15, -0.1) is 0 Å². The number of anilines is 1. The third-order valence-electron chi connectivity index (χ3n) is 7.72. The maximum Gasteiger partial charge on any atom is 0.323 e. The Morgan fingerprint density at radius 1 is 1.00 bits per heavy atom. The highest BCUT2D eigenvalue weighted by atomic mass is 16.7. The molecule has 2 aliphatic heterocycles. The number of carbonyl (C=O) groups excluding carboxylic acids is 3. The Kier molecular flexibility index (Phi) is 11.9. The summed E-state index contributed by atoms with van der Waals surface area (Å²) < 4.78 is 18.7. The van der Waals surface area contributed by atoms with E-state index in [1.54, 1.807) is 11.5 Å². The lowest BCUT2D eigenvalue weighted by atomic mass is 9.99. The van der Waals surface area contributed by atoms with Crippen LogP contribution >= 0.6 is 0 Å². The molecular weight excluding hydrogens is 566 g/mol.